The van der Waals surface area contributed by atoms with E-state index in [1.807, 2.05) is 0 Å². The molecule has 1 saturated heterocycles. The molecule has 0 aliphatic carbocycles. The molecule has 1 fully saturated rings. The number of esters is 1. The van der Waals surface area contributed by atoms with Gasteiger partial charge in [-0.3, -0.25) is 0 Å². The first kappa shape index (κ1) is 18.0. The van der Waals surface area contributed by atoms with Crippen LogP contribution in [-0.2, 0) is 15.9 Å². The Hall–Kier alpha value is -2.40. The topological polar surface area (TPSA) is 47.6 Å². The summed E-state index contributed by atoms with van der Waals surface area (Å²) in [6, 6.07) is 10.8. The van der Waals surface area contributed by atoms with Crippen LogP contribution in [0.3, 0.4) is 0 Å². The molecule has 0 amide bonds. The summed E-state index contributed by atoms with van der Waals surface area (Å²) in [5, 5.41) is 3.53. The lowest BCUT2D eigenvalue weighted by molar-refractivity contribution is -0.0384. The van der Waals surface area contributed by atoms with Gasteiger partial charge in [-0.2, -0.15) is 0 Å². The van der Waals surface area contributed by atoms with Crippen molar-refractivity contribution in [1.29, 1.82) is 0 Å². The predicted octanol–water partition coefficient (Wildman–Crippen LogP) is 4.81. The van der Waals surface area contributed by atoms with Gasteiger partial charge in [0.25, 0.3) is 0 Å². The van der Waals surface area contributed by atoms with Gasteiger partial charge in [-0.05, 0) is 43.0 Å². The van der Waals surface area contributed by atoms with Crippen LogP contribution in [0.25, 0.3) is 0 Å². The van der Waals surface area contributed by atoms with Crippen LogP contribution in [0, 0.1) is 11.7 Å². The van der Waals surface area contributed by atoms with E-state index in [2.05, 4.69) is 35.2 Å². The van der Waals surface area contributed by atoms with Crippen molar-refractivity contribution in [2.24, 2.45) is 5.92 Å². The molecule has 2 aromatic carbocycles. The molecular formula is C22H24FNO3. The fourth-order valence-electron chi connectivity index (χ4n) is 4.27. The molecule has 4 nitrogen and oxygen atoms in total. The second-order valence-electron chi connectivity index (χ2n) is 7.22. The highest BCUT2D eigenvalue weighted by Crippen LogP contribution is 2.49. The van der Waals surface area contributed by atoms with Crippen molar-refractivity contribution >= 4 is 11.7 Å². The first-order valence-electron chi connectivity index (χ1n) is 9.51. The number of carbonyl (C=O) groups is 1. The molecule has 0 saturated carbocycles. The van der Waals surface area contributed by atoms with Gasteiger partial charge in [0.1, 0.15) is 5.82 Å². The molecular weight excluding hydrogens is 345 g/mol. The Bertz CT molecular complexity index is 867. The van der Waals surface area contributed by atoms with Crippen molar-refractivity contribution in [3.8, 4) is 0 Å². The fraction of sp³-hybridized carbons (Fsp3) is 0.409. The Labute approximate surface area is 158 Å². The molecule has 0 unspecified atom stereocenters. The second-order valence-corrected chi connectivity index (χ2v) is 7.22. The lowest BCUT2D eigenvalue weighted by Gasteiger charge is -2.43. The van der Waals surface area contributed by atoms with Crippen molar-refractivity contribution in [2.75, 3.05) is 19.0 Å². The minimum absolute atomic E-state index is 0.0359. The Morgan fingerprint density at radius 2 is 2.11 bits per heavy atom. The third kappa shape index (κ3) is 3.21. The second kappa shape index (κ2) is 7.31. The quantitative estimate of drug-likeness (QED) is 0.789. The molecule has 1 N–H and O–H groups in total. The smallest absolute Gasteiger partial charge is 0.337 e. The summed E-state index contributed by atoms with van der Waals surface area (Å²) in [6.07, 6.45) is 2.86. The highest BCUT2D eigenvalue weighted by Gasteiger charge is 2.40. The maximum atomic E-state index is 14.9. The summed E-state index contributed by atoms with van der Waals surface area (Å²) >= 11 is 0. The Kier molecular flexibility index (Phi) is 4.87. The van der Waals surface area contributed by atoms with Crippen LogP contribution in [0.1, 0.15) is 59.0 Å². The SMILES string of the molecule is CCc1ccc2c(c1)[C@@H]1OCCC[C@@H]1[C@@H](c1ccc(C(=O)OC)cc1F)N2. The molecule has 2 aromatic rings. The number of methoxy groups -OCH3 is 1. The molecule has 2 aliphatic rings. The molecule has 0 bridgehead atoms. The van der Waals surface area contributed by atoms with Gasteiger partial charge in [0, 0.05) is 29.3 Å². The number of benzene rings is 2. The number of rotatable bonds is 3. The summed E-state index contributed by atoms with van der Waals surface area (Å²) < 4.78 is 25.7. The van der Waals surface area contributed by atoms with E-state index in [0.29, 0.717) is 5.56 Å². The zero-order valence-electron chi connectivity index (χ0n) is 15.6. The van der Waals surface area contributed by atoms with E-state index in [-0.39, 0.29) is 23.6 Å². The summed E-state index contributed by atoms with van der Waals surface area (Å²) in [6.45, 7) is 2.87. The highest BCUT2D eigenvalue weighted by molar-refractivity contribution is 5.89. The number of aryl methyl sites for hydroxylation is 1. The van der Waals surface area contributed by atoms with Crippen molar-refractivity contribution < 1.29 is 18.7 Å². The maximum Gasteiger partial charge on any atom is 0.337 e. The molecule has 0 aromatic heterocycles. The molecule has 0 spiro atoms. The highest BCUT2D eigenvalue weighted by atomic mass is 19.1. The number of ether oxygens (including phenoxy) is 2. The van der Waals surface area contributed by atoms with Crippen LogP contribution in [0.4, 0.5) is 10.1 Å². The van der Waals surface area contributed by atoms with E-state index in [1.165, 1.54) is 24.3 Å². The van der Waals surface area contributed by atoms with Crippen LogP contribution in [0.2, 0.25) is 0 Å². The Balaban J connectivity index is 1.74. The zero-order valence-corrected chi connectivity index (χ0v) is 15.6. The normalized spacial score (nSPS) is 23.7. The monoisotopic (exact) mass is 369 g/mol. The Morgan fingerprint density at radius 1 is 1.26 bits per heavy atom. The van der Waals surface area contributed by atoms with Crippen molar-refractivity contribution in [3.05, 3.63) is 64.5 Å². The minimum Gasteiger partial charge on any atom is -0.465 e. The number of carbonyl (C=O) groups excluding carboxylic acids is 1. The fourth-order valence-corrected chi connectivity index (χ4v) is 4.27. The molecule has 2 heterocycles. The molecule has 5 heteroatoms. The first-order valence-corrected chi connectivity index (χ1v) is 9.51. The maximum absolute atomic E-state index is 14.9. The van der Waals surface area contributed by atoms with Crippen LogP contribution in [0.5, 0.6) is 0 Å². The van der Waals surface area contributed by atoms with Gasteiger partial charge < -0.3 is 14.8 Å². The number of fused-ring (bicyclic) bond motifs is 3. The molecule has 3 atom stereocenters. The van der Waals surface area contributed by atoms with Crippen molar-refractivity contribution in [2.45, 2.75) is 38.3 Å². The minimum atomic E-state index is -0.534. The molecule has 0 radical (unpaired) electrons. The number of nitrogens with one attached hydrogen (secondary N) is 1. The Morgan fingerprint density at radius 3 is 2.85 bits per heavy atom. The van der Waals surface area contributed by atoms with Crippen LogP contribution < -0.4 is 5.32 Å². The van der Waals surface area contributed by atoms with E-state index in [1.54, 1.807) is 12.1 Å². The molecule has 142 valence electrons. The van der Waals surface area contributed by atoms with Crippen molar-refractivity contribution in [1.82, 2.24) is 0 Å². The van der Waals surface area contributed by atoms with Crippen LogP contribution in [0.15, 0.2) is 36.4 Å². The average molecular weight is 369 g/mol. The third-order valence-electron chi connectivity index (χ3n) is 5.69. The predicted molar refractivity (Wildman–Crippen MR) is 101 cm³/mol. The number of hydrogen-bond acceptors (Lipinski definition) is 4. The number of hydrogen-bond donors (Lipinski definition) is 1. The number of anilines is 1. The van der Waals surface area contributed by atoms with E-state index >= 15 is 0 Å². The lowest BCUT2D eigenvalue weighted by atomic mass is 9.77. The largest absolute Gasteiger partial charge is 0.465 e. The van der Waals surface area contributed by atoms with Gasteiger partial charge in [-0.15, -0.1) is 0 Å². The van der Waals surface area contributed by atoms with E-state index < -0.39 is 11.8 Å². The lowest BCUT2D eigenvalue weighted by Crippen LogP contribution is -2.36. The van der Waals surface area contributed by atoms with Gasteiger partial charge in [0.15, 0.2) is 0 Å². The standard InChI is InChI=1S/C22H24FNO3/c1-3-13-6-9-19-17(11-13)21-16(5-4-10-27-21)20(24-19)15-8-7-14(12-18(15)23)22(25)26-2/h6-9,11-12,16,20-21,24H,3-5,10H2,1-2H3/t16-,20-,21-/m1/s1. The van der Waals surface area contributed by atoms with Crippen LogP contribution in [-0.4, -0.2) is 19.7 Å². The summed E-state index contributed by atoms with van der Waals surface area (Å²) in [5.74, 6) is -0.779. The van der Waals surface area contributed by atoms with Gasteiger partial charge in [0.05, 0.1) is 24.8 Å². The van der Waals surface area contributed by atoms with Crippen molar-refractivity contribution in [3.63, 3.8) is 0 Å². The summed E-state index contributed by atoms with van der Waals surface area (Å²) in [7, 11) is 1.29. The van der Waals surface area contributed by atoms with E-state index in [0.717, 1.165) is 31.6 Å². The summed E-state index contributed by atoms with van der Waals surface area (Å²) in [5.41, 5.74) is 4.22. The van der Waals surface area contributed by atoms with E-state index in [4.69, 9.17) is 4.74 Å². The van der Waals surface area contributed by atoms with E-state index in [9.17, 15) is 9.18 Å². The zero-order chi connectivity index (χ0) is 19.0. The van der Waals surface area contributed by atoms with Gasteiger partial charge in [-0.25, -0.2) is 9.18 Å². The average Bonchev–Trinajstić information content (AvgIpc) is 2.72. The van der Waals surface area contributed by atoms with Gasteiger partial charge in [0.2, 0.25) is 0 Å². The van der Waals surface area contributed by atoms with Gasteiger partial charge >= 0.3 is 5.97 Å². The summed E-state index contributed by atoms with van der Waals surface area (Å²) in [4.78, 5) is 11.7. The van der Waals surface area contributed by atoms with Crippen LogP contribution >= 0.6 is 0 Å². The van der Waals surface area contributed by atoms with Gasteiger partial charge in [-0.1, -0.05) is 25.1 Å². The molecule has 4 rings (SSSR count). The molecule has 2 aliphatic heterocycles. The molecule has 27 heavy (non-hydrogen) atoms. The third-order valence-corrected chi connectivity index (χ3v) is 5.69. The first-order chi connectivity index (χ1) is 13.1. The number of halogens is 1.